The van der Waals surface area contributed by atoms with Crippen molar-refractivity contribution < 1.29 is 13.2 Å². The molecule has 0 amide bonds. The molecule has 0 saturated heterocycles. The summed E-state index contributed by atoms with van der Waals surface area (Å²) in [6, 6.07) is 14.7. The van der Waals surface area contributed by atoms with Gasteiger partial charge in [0.2, 0.25) is 10.0 Å². The summed E-state index contributed by atoms with van der Waals surface area (Å²) in [6.07, 6.45) is 2.17. The van der Waals surface area contributed by atoms with Gasteiger partial charge in [0.15, 0.2) is 11.0 Å². The van der Waals surface area contributed by atoms with Gasteiger partial charge in [-0.25, -0.2) is 12.7 Å². The molecule has 0 aliphatic heterocycles. The number of hydrogen-bond donors (Lipinski definition) is 0. The van der Waals surface area contributed by atoms with E-state index < -0.39 is 10.0 Å². The van der Waals surface area contributed by atoms with Crippen LogP contribution in [0.4, 0.5) is 0 Å². The monoisotopic (exact) mass is 478 g/mol. The van der Waals surface area contributed by atoms with E-state index >= 15 is 0 Å². The molecular formula is C21H23ClN4O3S2. The van der Waals surface area contributed by atoms with Crippen molar-refractivity contribution in [3.63, 3.8) is 0 Å². The molecule has 1 saturated carbocycles. The molecule has 10 heteroatoms. The van der Waals surface area contributed by atoms with E-state index in [1.807, 2.05) is 24.3 Å². The van der Waals surface area contributed by atoms with Crippen molar-refractivity contribution in [2.45, 2.75) is 41.3 Å². The lowest BCUT2D eigenvalue weighted by Crippen LogP contribution is -2.22. The highest BCUT2D eigenvalue weighted by atomic mass is 35.5. The largest absolute Gasteiger partial charge is 0.484 e. The Labute approximate surface area is 191 Å². The number of aromatic nitrogens is 3. The molecule has 2 aromatic carbocycles. The third-order valence-corrected chi connectivity index (χ3v) is 8.02. The van der Waals surface area contributed by atoms with Gasteiger partial charge in [0.1, 0.15) is 12.4 Å². The Kier molecular flexibility index (Phi) is 6.57. The second-order valence-electron chi connectivity index (χ2n) is 7.44. The number of sulfonamides is 1. The van der Waals surface area contributed by atoms with Gasteiger partial charge in [0, 0.05) is 25.9 Å². The molecule has 1 fully saturated rings. The highest BCUT2D eigenvalue weighted by Crippen LogP contribution is 2.39. The first-order valence-electron chi connectivity index (χ1n) is 9.81. The summed E-state index contributed by atoms with van der Waals surface area (Å²) in [7, 11) is -0.406. The van der Waals surface area contributed by atoms with Crippen LogP contribution in [0.2, 0.25) is 5.02 Å². The smallest absolute Gasteiger partial charge is 0.242 e. The molecule has 7 nitrogen and oxygen atoms in total. The molecule has 0 N–H and O–H groups in total. The molecule has 3 aromatic rings. The first-order valence-corrected chi connectivity index (χ1v) is 12.6. The Hall–Kier alpha value is -2.07. The van der Waals surface area contributed by atoms with Crippen molar-refractivity contribution in [1.82, 2.24) is 19.1 Å². The predicted octanol–water partition coefficient (Wildman–Crippen LogP) is 4.39. The molecule has 1 aliphatic rings. The fourth-order valence-corrected chi connectivity index (χ4v) is 5.19. The van der Waals surface area contributed by atoms with Crippen LogP contribution >= 0.6 is 23.4 Å². The summed E-state index contributed by atoms with van der Waals surface area (Å²) in [5.41, 5.74) is 0.909. The van der Waals surface area contributed by atoms with Crippen LogP contribution in [0, 0.1) is 0 Å². The van der Waals surface area contributed by atoms with Gasteiger partial charge in [-0.1, -0.05) is 47.6 Å². The first kappa shape index (κ1) is 22.1. The molecule has 0 bridgehead atoms. The van der Waals surface area contributed by atoms with Crippen molar-refractivity contribution in [2.75, 3.05) is 14.1 Å². The van der Waals surface area contributed by atoms with E-state index in [4.69, 9.17) is 16.3 Å². The molecule has 4 rings (SSSR count). The van der Waals surface area contributed by atoms with Gasteiger partial charge in [0.05, 0.1) is 9.92 Å². The van der Waals surface area contributed by atoms with Crippen LogP contribution in [0.5, 0.6) is 5.75 Å². The van der Waals surface area contributed by atoms with Gasteiger partial charge in [-0.2, -0.15) is 0 Å². The summed E-state index contributed by atoms with van der Waals surface area (Å²) in [5.74, 6) is 1.96. The van der Waals surface area contributed by atoms with Crippen molar-refractivity contribution in [1.29, 1.82) is 0 Å². The summed E-state index contributed by atoms with van der Waals surface area (Å²) < 4.78 is 34.0. The highest BCUT2D eigenvalue weighted by molar-refractivity contribution is 7.98. The zero-order chi connectivity index (χ0) is 22.0. The number of halogens is 1. The summed E-state index contributed by atoms with van der Waals surface area (Å²) in [5, 5.41) is 10.1. The maximum absolute atomic E-state index is 12.4. The highest BCUT2D eigenvalue weighted by Gasteiger charge is 2.30. The number of thioether (sulfide) groups is 1. The van der Waals surface area contributed by atoms with Crippen LogP contribution in [-0.4, -0.2) is 41.6 Å². The Morgan fingerprint density at radius 1 is 1.16 bits per heavy atom. The van der Waals surface area contributed by atoms with E-state index in [-0.39, 0.29) is 11.5 Å². The Morgan fingerprint density at radius 2 is 1.94 bits per heavy atom. The fraction of sp³-hybridized carbons (Fsp3) is 0.333. The van der Waals surface area contributed by atoms with Crippen molar-refractivity contribution >= 4 is 33.4 Å². The minimum absolute atomic E-state index is 0.282. The number of ether oxygens (including phenoxy) is 1. The molecule has 1 heterocycles. The number of hydrogen-bond acceptors (Lipinski definition) is 6. The lowest BCUT2D eigenvalue weighted by atomic mass is 10.2. The van der Waals surface area contributed by atoms with Gasteiger partial charge in [-0.15, -0.1) is 10.2 Å². The van der Waals surface area contributed by atoms with Crippen LogP contribution in [0.25, 0.3) is 0 Å². The SMILES string of the molecule is CN(C)S(=O)(=O)c1cccc(CSc2nnc(COc3ccccc3Cl)n2C2CC2)c1. The Morgan fingerprint density at radius 3 is 2.65 bits per heavy atom. The maximum atomic E-state index is 12.4. The minimum Gasteiger partial charge on any atom is -0.484 e. The molecule has 1 aromatic heterocycles. The van der Waals surface area contributed by atoms with Crippen LogP contribution in [0.1, 0.15) is 30.3 Å². The topological polar surface area (TPSA) is 77.3 Å². The molecule has 1 aliphatic carbocycles. The van der Waals surface area contributed by atoms with Gasteiger partial charge in [-0.3, -0.25) is 4.57 Å². The summed E-state index contributed by atoms with van der Waals surface area (Å²) in [4.78, 5) is 0.285. The van der Waals surface area contributed by atoms with Crippen LogP contribution < -0.4 is 4.74 Å². The molecule has 0 unspecified atom stereocenters. The normalized spacial score (nSPS) is 14.2. The zero-order valence-electron chi connectivity index (χ0n) is 17.2. The molecular weight excluding hydrogens is 456 g/mol. The van der Waals surface area contributed by atoms with Gasteiger partial charge in [-0.05, 0) is 42.7 Å². The third-order valence-electron chi connectivity index (χ3n) is 4.89. The van der Waals surface area contributed by atoms with E-state index in [0.29, 0.717) is 22.6 Å². The van der Waals surface area contributed by atoms with Crippen molar-refractivity contribution in [3.05, 3.63) is 64.9 Å². The Bertz CT molecular complexity index is 1180. The zero-order valence-corrected chi connectivity index (χ0v) is 19.6. The van der Waals surface area contributed by atoms with E-state index in [2.05, 4.69) is 14.8 Å². The number of para-hydroxylation sites is 1. The second kappa shape index (κ2) is 9.20. The van der Waals surface area contributed by atoms with E-state index in [1.165, 1.54) is 18.4 Å². The average Bonchev–Trinajstić information content (AvgIpc) is 3.51. The van der Waals surface area contributed by atoms with E-state index in [9.17, 15) is 8.42 Å². The van der Waals surface area contributed by atoms with Crippen LogP contribution in [0.15, 0.2) is 58.6 Å². The standard InChI is InChI=1S/C21H23ClN4O3S2/c1-25(2)31(27,28)17-7-5-6-15(12-17)14-30-21-24-23-20(26(21)16-10-11-16)13-29-19-9-4-3-8-18(19)22/h3-9,12,16H,10-11,13-14H2,1-2H3. The lowest BCUT2D eigenvalue weighted by molar-refractivity contribution is 0.288. The molecule has 31 heavy (non-hydrogen) atoms. The molecule has 0 radical (unpaired) electrons. The predicted molar refractivity (Wildman–Crippen MR) is 121 cm³/mol. The van der Waals surface area contributed by atoms with E-state index in [0.717, 1.165) is 29.4 Å². The number of nitrogens with zero attached hydrogens (tertiary/aromatic N) is 4. The number of rotatable bonds is 9. The maximum Gasteiger partial charge on any atom is 0.242 e. The number of benzene rings is 2. The first-order chi connectivity index (χ1) is 14.9. The van der Waals surface area contributed by atoms with Crippen LogP contribution in [-0.2, 0) is 22.4 Å². The van der Waals surface area contributed by atoms with Gasteiger partial charge >= 0.3 is 0 Å². The minimum atomic E-state index is -3.46. The lowest BCUT2D eigenvalue weighted by Gasteiger charge is -2.12. The van der Waals surface area contributed by atoms with Gasteiger partial charge in [0.25, 0.3) is 0 Å². The molecule has 164 valence electrons. The Balaban J connectivity index is 1.48. The quantitative estimate of drug-likeness (QED) is 0.424. The fourth-order valence-electron chi connectivity index (χ4n) is 3.06. The third kappa shape index (κ3) is 5.06. The van der Waals surface area contributed by atoms with E-state index in [1.54, 1.807) is 36.0 Å². The van der Waals surface area contributed by atoms with Crippen molar-refractivity contribution in [2.24, 2.45) is 0 Å². The average molecular weight is 479 g/mol. The summed E-state index contributed by atoms with van der Waals surface area (Å²) in [6.45, 7) is 0.282. The van der Waals surface area contributed by atoms with Crippen molar-refractivity contribution in [3.8, 4) is 5.75 Å². The second-order valence-corrected chi connectivity index (χ2v) is 10.9. The van der Waals surface area contributed by atoms with Gasteiger partial charge < -0.3 is 4.74 Å². The molecule has 0 atom stereocenters. The molecule has 0 spiro atoms. The summed E-state index contributed by atoms with van der Waals surface area (Å²) >= 11 is 7.72. The van der Waals surface area contributed by atoms with Crippen LogP contribution in [0.3, 0.4) is 0 Å².